The zero-order chi connectivity index (χ0) is 45.4. The molecule has 3 N–H and O–H groups in total. The number of rotatable bonds is 13. The molecule has 4 unspecified atom stereocenters. The number of nitrogens with one attached hydrogen (secondary N) is 1. The third-order valence-electron chi connectivity index (χ3n) is 15.3. The zero-order valence-corrected chi connectivity index (χ0v) is 38.9. The van der Waals surface area contributed by atoms with Gasteiger partial charge in [-0.25, -0.2) is 15.0 Å². The third-order valence-corrected chi connectivity index (χ3v) is 15.3. The first-order valence-electron chi connectivity index (χ1n) is 23.6. The lowest BCUT2D eigenvalue weighted by atomic mass is 9.86. The molecule has 0 bridgehead atoms. The molecule has 2 aromatic carbocycles. The summed E-state index contributed by atoms with van der Waals surface area (Å²) in [4.78, 5) is 46.2. The maximum absolute atomic E-state index is 16.0. The number of nitrogens with two attached hydrogens (primary N) is 1. The summed E-state index contributed by atoms with van der Waals surface area (Å²) in [5, 5.41) is 1.78. The van der Waals surface area contributed by atoms with E-state index in [-0.39, 0.29) is 35.2 Å². The Morgan fingerprint density at radius 2 is 1.83 bits per heavy atom. The molecule has 4 aliphatic heterocycles. The fourth-order valence-electron chi connectivity index (χ4n) is 10.9. The number of likely N-dealkylation sites (tertiary alicyclic amines) is 1. The number of hydrogen-bond donors (Lipinski definition) is 2. The summed E-state index contributed by atoms with van der Waals surface area (Å²) >= 11 is 0. The Morgan fingerprint density at radius 1 is 1.06 bits per heavy atom. The summed E-state index contributed by atoms with van der Waals surface area (Å²) in [5.74, 6) is -0.284. The number of carbonyl (C=O) groups is 2. The lowest BCUT2D eigenvalue weighted by molar-refractivity contribution is -0.123. The number of carbonyl (C=O) groups excluding carboxylic acids is 2. The van der Waals surface area contributed by atoms with Crippen LogP contribution in [0.15, 0.2) is 54.2 Å². The van der Waals surface area contributed by atoms with Crippen LogP contribution in [0.3, 0.4) is 0 Å². The first-order chi connectivity index (χ1) is 30.7. The Bertz CT molecular complexity index is 2260. The van der Waals surface area contributed by atoms with Crippen LogP contribution < -0.4 is 16.3 Å². The molecule has 5 heterocycles. The van der Waals surface area contributed by atoms with Gasteiger partial charge in [-0.15, -0.1) is 4.48 Å². The molecule has 1 spiro atoms. The number of primary amides is 1. The van der Waals surface area contributed by atoms with Crippen LogP contribution in [0.25, 0.3) is 11.6 Å². The summed E-state index contributed by atoms with van der Waals surface area (Å²) in [6, 6.07) is 11.6. The fraction of sp³-hybridized carbons (Fsp3) is 0.549. The van der Waals surface area contributed by atoms with Crippen LogP contribution in [0.5, 0.6) is 0 Å². The van der Waals surface area contributed by atoms with Crippen molar-refractivity contribution in [2.45, 2.75) is 123 Å². The monoisotopic (exact) mass is 879 g/mol. The van der Waals surface area contributed by atoms with Gasteiger partial charge in [0.2, 0.25) is 5.91 Å². The van der Waals surface area contributed by atoms with Crippen molar-refractivity contribution in [3.63, 3.8) is 0 Å². The van der Waals surface area contributed by atoms with E-state index in [2.05, 4.69) is 64.7 Å². The van der Waals surface area contributed by atoms with Crippen LogP contribution in [-0.2, 0) is 21.6 Å². The van der Waals surface area contributed by atoms with Gasteiger partial charge in [0.05, 0.1) is 17.5 Å². The number of halogens is 2. The maximum atomic E-state index is 16.0. The van der Waals surface area contributed by atoms with Crippen molar-refractivity contribution in [3.8, 4) is 0 Å². The highest BCUT2D eigenvalue weighted by molar-refractivity contribution is 5.95. The number of pyridine rings is 1. The Morgan fingerprint density at radius 3 is 2.47 bits per heavy atom. The number of amides is 2. The van der Waals surface area contributed by atoms with Gasteiger partial charge in [0, 0.05) is 105 Å². The fourth-order valence-corrected chi connectivity index (χ4v) is 10.9. The molecule has 0 radical (unpaired) electrons. The van der Waals surface area contributed by atoms with E-state index in [1.54, 1.807) is 22.9 Å². The molecule has 1 aromatic heterocycles. The number of aryl methyl sites for hydroxylation is 2. The highest BCUT2D eigenvalue weighted by atomic mass is 19.2. The number of aromatic nitrogens is 1. The number of anilines is 2. The molecule has 1 aliphatic carbocycles. The molecule has 11 nitrogen and oxygen atoms in total. The Hall–Kier alpha value is -4.69. The Labute approximate surface area is 378 Å². The van der Waals surface area contributed by atoms with Crippen molar-refractivity contribution in [1.29, 1.82) is 0 Å². The molecule has 4 atom stereocenters. The van der Waals surface area contributed by atoms with E-state index >= 15 is 4.39 Å². The van der Waals surface area contributed by atoms with Crippen molar-refractivity contribution in [1.82, 2.24) is 24.6 Å². The summed E-state index contributed by atoms with van der Waals surface area (Å²) in [5.41, 5.74) is 16.9. The number of hydroxylamine groups is 1. The lowest BCUT2D eigenvalue weighted by Gasteiger charge is -2.43. The van der Waals surface area contributed by atoms with E-state index in [4.69, 9.17) is 10.6 Å². The predicted molar refractivity (Wildman–Crippen MR) is 251 cm³/mol. The van der Waals surface area contributed by atoms with Gasteiger partial charge in [0.1, 0.15) is 11.9 Å². The quantitative estimate of drug-likeness (QED) is 0.164. The molecule has 1 saturated carbocycles. The average molecular weight is 879 g/mol. The van der Waals surface area contributed by atoms with Crippen LogP contribution in [0, 0.1) is 25.6 Å². The van der Waals surface area contributed by atoms with E-state index in [0.29, 0.717) is 61.2 Å². The normalized spacial score (nSPS) is 23.1. The SMILES string of the molecule is CCC(C(N)=O)N1OC(C)C2(CC2)c2cc(CN3CCN(CC4CCN(C(=O)c5cc(C)c(C6=CCN(C(C)/C(C)=C/c7c(NF)ccnc7C)CC6)c(F)c5)CC4)C(C)C3)ccc21. The lowest BCUT2D eigenvalue weighted by Crippen LogP contribution is -2.53. The molecule has 64 heavy (non-hydrogen) atoms. The van der Waals surface area contributed by atoms with Crippen molar-refractivity contribution in [3.05, 3.63) is 99.1 Å². The van der Waals surface area contributed by atoms with Gasteiger partial charge >= 0.3 is 0 Å². The molecule has 2 saturated heterocycles. The van der Waals surface area contributed by atoms with Crippen molar-refractivity contribution < 1.29 is 23.3 Å². The van der Waals surface area contributed by atoms with Gasteiger partial charge in [0.25, 0.3) is 5.91 Å². The molecule has 3 fully saturated rings. The van der Waals surface area contributed by atoms with Gasteiger partial charge in [0.15, 0.2) is 0 Å². The van der Waals surface area contributed by atoms with Crippen LogP contribution in [0.4, 0.5) is 20.2 Å². The minimum atomic E-state index is -0.493. The van der Waals surface area contributed by atoms with Gasteiger partial charge in [-0.3, -0.25) is 34.1 Å². The van der Waals surface area contributed by atoms with Crippen LogP contribution in [0.1, 0.15) is 117 Å². The average Bonchev–Trinajstić information content (AvgIpc) is 4.09. The number of nitrogens with zero attached hydrogens (tertiary/aromatic N) is 6. The standard InChI is InChI=1S/C51H68F2N8O3/c1-8-46(49(54)62)61-47-10-9-39(27-43(47)51(16-17-51)37(7)64-61)30-57-23-24-60(34(4)29-57)31-38-12-19-59(20-13-38)50(63)41-25-33(3)48(44(52)28-41)40-14-21-58(22-15-40)36(6)32(2)26-42-35(5)55-18-11-45(42)56-53/h9-11,14,18,25-28,34,36-38,46H,8,12-13,15-17,19-24,29-31H2,1-7H3,(H2,54,62)(H,55,56)/b32-26+. The second-order valence-electron chi connectivity index (χ2n) is 19.4. The third kappa shape index (κ3) is 9.23. The van der Waals surface area contributed by atoms with Gasteiger partial charge < -0.3 is 10.6 Å². The maximum Gasteiger partial charge on any atom is 0.253 e. The van der Waals surface area contributed by atoms with Gasteiger partial charge in [-0.2, -0.15) is 0 Å². The molecular weight excluding hydrogens is 811 g/mol. The number of hydrogen-bond acceptors (Lipinski definition) is 9. The van der Waals surface area contributed by atoms with Gasteiger partial charge in [-0.05, 0) is 133 Å². The molecule has 344 valence electrons. The second-order valence-corrected chi connectivity index (χ2v) is 19.4. The number of benzene rings is 2. The van der Waals surface area contributed by atoms with Crippen molar-refractivity contribution in [2.75, 3.05) is 63.0 Å². The van der Waals surface area contributed by atoms with E-state index in [1.807, 2.05) is 44.7 Å². The van der Waals surface area contributed by atoms with E-state index in [9.17, 15) is 14.1 Å². The summed E-state index contributed by atoms with van der Waals surface area (Å²) < 4.78 is 29.4. The first kappa shape index (κ1) is 45.9. The molecule has 8 rings (SSSR count). The molecule has 13 heteroatoms. The molecule has 5 aliphatic rings. The highest BCUT2D eigenvalue weighted by Crippen LogP contribution is 2.58. The molecule has 3 aromatic rings. The smallest absolute Gasteiger partial charge is 0.253 e. The van der Waals surface area contributed by atoms with Crippen LogP contribution >= 0.6 is 0 Å². The van der Waals surface area contributed by atoms with Gasteiger partial charge in [-0.1, -0.05) is 36.8 Å². The van der Waals surface area contributed by atoms with E-state index in [1.165, 1.54) is 17.2 Å². The summed E-state index contributed by atoms with van der Waals surface area (Å²) in [6.07, 6.45) is 11.0. The van der Waals surface area contributed by atoms with E-state index in [0.717, 1.165) is 98.6 Å². The first-order valence-corrected chi connectivity index (χ1v) is 23.6. The molecular formula is C51H68F2N8O3. The summed E-state index contributed by atoms with van der Waals surface area (Å²) in [7, 11) is 0. The minimum absolute atomic E-state index is 0.00842. The van der Waals surface area contributed by atoms with Crippen molar-refractivity contribution >= 4 is 34.8 Å². The zero-order valence-electron chi connectivity index (χ0n) is 38.9. The number of fused-ring (bicyclic) bond motifs is 2. The Balaban J connectivity index is 0.820. The predicted octanol–water partition coefficient (Wildman–Crippen LogP) is 8.21. The largest absolute Gasteiger partial charge is 0.368 e. The van der Waals surface area contributed by atoms with Crippen molar-refractivity contribution in [2.24, 2.45) is 11.7 Å². The topological polar surface area (TPSA) is 111 Å². The highest BCUT2D eigenvalue weighted by Gasteiger charge is 2.55. The van der Waals surface area contributed by atoms with Crippen LogP contribution in [0.2, 0.25) is 0 Å². The second kappa shape index (κ2) is 19.0. The molecule has 2 amide bonds. The number of piperazine rings is 1. The Kier molecular flexibility index (Phi) is 13.6. The van der Waals surface area contributed by atoms with Crippen LogP contribution in [-0.4, -0.2) is 113 Å². The summed E-state index contributed by atoms with van der Waals surface area (Å²) in [6.45, 7) is 22.1. The number of piperidine rings is 1. The van der Waals surface area contributed by atoms with E-state index < -0.39 is 6.04 Å². The minimum Gasteiger partial charge on any atom is -0.368 e.